The van der Waals surface area contributed by atoms with E-state index < -0.39 is 11.8 Å². The number of hydrogen-bond acceptors (Lipinski definition) is 5. The van der Waals surface area contributed by atoms with E-state index in [1.807, 2.05) is 0 Å². The number of carbonyl (C=O) groups excluding carboxylic acids is 3. The SMILES string of the molecule is COc1ccc(NC(=O)C(=O)N/N=C\c2ccc(NC(C)=O)cc2)cc1. The molecule has 0 heterocycles. The number of hydrogen-bond donors (Lipinski definition) is 3. The van der Waals surface area contributed by atoms with Gasteiger partial charge in [-0.3, -0.25) is 14.4 Å². The maximum Gasteiger partial charge on any atom is 0.329 e. The first-order chi connectivity index (χ1) is 12.5. The molecule has 2 rings (SSSR count). The van der Waals surface area contributed by atoms with Gasteiger partial charge in [0, 0.05) is 18.3 Å². The van der Waals surface area contributed by atoms with Gasteiger partial charge in [-0.1, -0.05) is 12.1 Å². The van der Waals surface area contributed by atoms with E-state index in [4.69, 9.17) is 4.74 Å². The number of hydrazone groups is 1. The van der Waals surface area contributed by atoms with Gasteiger partial charge in [0.25, 0.3) is 0 Å². The van der Waals surface area contributed by atoms with Crippen molar-refractivity contribution in [1.29, 1.82) is 0 Å². The van der Waals surface area contributed by atoms with Gasteiger partial charge in [-0.05, 0) is 42.0 Å². The van der Waals surface area contributed by atoms with Crippen molar-refractivity contribution in [3.63, 3.8) is 0 Å². The fourth-order valence-electron chi connectivity index (χ4n) is 1.93. The smallest absolute Gasteiger partial charge is 0.329 e. The average Bonchev–Trinajstić information content (AvgIpc) is 2.63. The van der Waals surface area contributed by atoms with Crippen LogP contribution in [-0.4, -0.2) is 31.0 Å². The van der Waals surface area contributed by atoms with Crippen molar-refractivity contribution in [1.82, 2.24) is 5.43 Å². The van der Waals surface area contributed by atoms with Gasteiger partial charge in [-0.15, -0.1) is 0 Å². The first-order valence-electron chi connectivity index (χ1n) is 7.64. The van der Waals surface area contributed by atoms with Crippen LogP contribution in [0.1, 0.15) is 12.5 Å². The van der Waals surface area contributed by atoms with Crippen molar-refractivity contribution >= 4 is 35.3 Å². The molecule has 0 aliphatic heterocycles. The molecule has 26 heavy (non-hydrogen) atoms. The van der Waals surface area contributed by atoms with E-state index >= 15 is 0 Å². The summed E-state index contributed by atoms with van der Waals surface area (Å²) in [5.74, 6) is -1.26. The molecule has 2 aromatic carbocycles. The van der Waals surface area contributed by atoms with Crippen LogP contribution in [0.5, 0.6) is 5.75 Å². The number of benzene rings is 2. The summed E-state index contributed by atoms with van der Waals surface area (Å²) in [5, 5.41) is 8.81. The molecule has 0 fully saturated rings. The van der Waals surface area contributed by atoms with Gasteiger partial charge in [0.15, 0.2) is 0 Å². The summed E-state index contributed by atoms with van der Waals surface area (Å²) in [7, 11) is 1.53. The molecule has 0 atom stereocenters. The summed E-state index contributed by atoms with van der Waals surface area (Å²) >= 11 is 0. The average molecular weight is 354 g/mol. The molecule has 2 aromatic rings. The summed E-state index contributed by atoms with van der Waals surface area (Å²) in [6.07, 6.45) is 1.39. The van der Waals surface area contributed by atoms with Crippen molar-refractivity contribution in [2.45, 2.75) is 6.92 Å². The molecule has 0 spiro atoms. The number of carbonyl (C=O) groups is 3. The molecule has 8 heteroatoms. The van der Waals surface area contributed by atoms with Crippen LogP contribution in [0.2, 0.25) is 0 Å². The summed E-state index contributed by atoms with van der Waals surface area (Å²) in [6, 6.07) is 13.4. The second-order valence-corrected chi connectivity index (χ2v) is 5.18. The zero-order chi connectivity index (χ0) is 18.9. The molecular weight excluding hydrogens is 336 g/mol. The number of ether oxygens (including phenoxy) is 1. The number of rotatable bonds is 5. The van der Waals surface area contributed by atoms with Crippen LogP contribution >= 0.6 is 0 Å². The first-order valence-corrected chi connectivity index (χ1v) is 7.64. The number of anilines is 2. The lowest BCUT2D eigenvalue weighted by molar-refractivity contribution is -0.136. The highest BCUT2D eigenvalue weighted by molar-refractivity contribution is 6.39. The second kappa shape index (κ2) is 8.97. The molecule has 0 radical (unpaired) electrons. The fourth-order valence-corrected chi connectivity index (χ4v) is 1.93. The topological polar surface area (TPSA) is 109 Å². The Balaban J connectivity index is 1.85. The minimum absolute atomic E-state index is 0.165. The van der Waals surface area contributed by atoms with Gasteiger partial charge in [0.1, 0.15) is 5.75 Å². The zero-order valence-electron chi connectivity index (χ0n) is 14.3. The van der Waals surface area contributed by atoms with Gasteiger partial charge in [0.2, 0.25) is 5.91 Å². The summed E-state index contributed by atoms with van der Waals surface area (Å²) in [5.41, 5.74) is 3.95. The molecule has 0 saturated heterocycles. The highest BCUT2D eigenvalue weighted by Crippen LogP contribution is 2.14. The van der Waals surface area contributed by atoms with Crippen molar-refractivity contribution in [3.05, 3.63) is 54.1 Å². The maximum absolute atomic E-state index is 11.8. The van der Waals surface area contributed by atoms with Crippen LogP contribution in [0.3, 0.4) is 0 Å². The van der Waals surface area contributed by atoms with E-state index in [9.17, 15) is 14.4 Å². The molecule has 134 valence electrons. The lowest BCUT2D eigenvalue weighted by Crippen LogP contribution is -2.32. The predicted octanol–water partition coefficient (Wildman–Crippen LogP) is 1.74. The van der Waals surface area contributed by atoms with Crippen LogP contribution in [-0.2, 0) is 14.4 Å². The number of nitrogens with one attached hydrogen (secondary N) is 3. The van der Waals surface area contributed by atoms with Crippen molar-refractivity contribution in [3.8, 4) is 5.75 Å². The van der Waals surface area contributed by atoms with Gasteiger partial charge in [-0.2, -0.15) is 5.10 Å². The van der Waals surface area contributed by atoms with E-state index in [-0.39, 0.29) is 5.91 Å². The van der Waals surface area contributed by atoms with Crippen LogP contribution in [0, 0.1) is 0 Å². The third kappa shape index (κ3) is 5.75. The predicted molar refractivity (Wildman–Crippen MR) is 98.1 cm³/mol. The lowest BCUT2D eigenvalue weighted by Gasteiger charge is -2.05. The van der Waals surface area contributed by atoms with Gasteiger partial charge in [-0.25, -0.2) is 5.43 Å². The number of nitrogens with zero attached hydrogens (tertiary/aromatic N) is 1. The number of methoxy groups -OCH3 is 1. The molecule has 3 amide bonds. The van der Waals surface area contributed by atoms with Crippen molar-refractivity contribution in [2.75, 3.05) is 17.7 Å². The molecular formula is C18H18N4O4. The normalized spacial score (nSPS) is 10.2. The van der Waals surface area contributed by atoms with E-state index in [0.29, 0.717) is 22.7 Å². The highest BCUT2D eigenvalue weighted by atomic mass is 16.5. The minimum Gasteiger partial charge on any atom is -0.497 e. The van der Waals surface area contributed by atoms with E-state index in [1.54, 1.807) is 48.5 Å². The summed E-state index contributed by atoms with van der Waals surface area (Å²) in [4.78, 5) is 34.5. The van der Waals surface area contributed by atoms with Crippen molar-refractivity contribution < 1.29 is 19.1 Å². The Bertz CT molecular complexity index is 814. The minimum atomic E-state index is -0.896. The Kier molecular flexibility index (Phi) is 6.44. The van der Waals surface area contributed by atoms with Gasteiger partial charge in [0.05, 0.1) is 13.3 Å². The second-order valence-electron chi connectivity index (χ2n) is 5.18. The van der Waals surface area contributed by atoms with Gasteiger partial charge >= 0.3 is 11.8 Å². The van der Waals surface area contributed by atoms with Crippen LogP contribution in [0.15, 0.2) is 53.6 Å². The fraction of sp³-hybridized carbons (Fsp3) is 0.111. The molecule has 0 aliphatic carbocycles. The van der Waals surface area contributed by atoms with E-state index in [0.717, 1.165) is 0 Å². The monoisotopic (exact) mass is 354 g/mol. The van der Waals surface area contributed by atoms with Crippen LogP contribution < -0.4 is 20.8 Å². The van der Waals surface area contributed by atoms with E-state index in [1.165, 1.54) is 20.2 Å². The Morgan fingerprint density at radius 1 is 0.885 bits per heavy atom. The molecule has 8 nitrogen and oxygen atoms in total. The number of amides is 3. The molecule has 0 unspecified atom stereocenters. The first kappa shape index (κ1) is 18.7. The third-order valence-corrected chi connectivity index (χ3v) is 3.16. The molecule has 0 aliphatic rings. The van der Waals surface area contributed by atoms with Crippen LogP contribution in [0.25, 0.3) is 0 Å². The van der Waals surface area contributed by atoms with Gasteiger partial charge < -0.3 is 15.4 Å². The van der Waals surface area contributed by atoms with E-state index in [2.05, 4.69) is 21.2 Å². The Morgan fingerprint density at radius 3 is 2.04 bits per heavy atom. The molecule has 3 N–H and O–H groups in total. The Labute approximate surface area is 150 Å². The van der Waals surface area contributed by atoms with Crippen molar-refractivity contribution in [2.24, 2.45) is 5.10 Å². The standard InChI is InChI=1S/C18H18N4O4/c1-12(23)20-14-5-3-13(4-6-14)11-19-22-18(25)17(24)21-15-7-9-16(26-2)10-8-15/h3-11H,1-2H3,(H,20,23)(H,21,24)(H,22,25)/b19-11-. The molecule has 0 bridgehead atoms. The van der Waals surface area contributed by atoms with Crippen LogP contribution in [0.4, 0.5) is 11.4 Å². The quantitative estimate of drug-likeness (QED) is 0.432. The Hall–Kier alpha value is -3.68. The maximum atomic E-state index is 11.8. The molecule has 0 aromatic heterocycles. The third-order valence-electron chi connectivity index (χ3n) is 3.16. The lowest BCUT2D eigenvalue weighted by atomic mass is 10.2. The Morgan fingerprint density at radius 2 is 1.46 bits per heavy atom. The largest absolute Gasteiger partial charge is 0.497 e. The summed E-state index contributed by atoms with van der Waals surface area (Å²) in [6.45, 7) is 1.42. The highest BCUT2D eigenvalue weighted by Gasteiger charge is 2.12. The summed E-state index contributed by atoms with van der Waals surface area (Å²) < 4.78 is 5.01. The zero-order valence-corrected chi connectivity index (χ0v) is 14.3. The molecule has 0 saturated carbocycles.